The molecule has 11 nitrogen and oxygen atoms in total. The number of hydrogen-bond donors (Lipinski definition) is 1. The van der Waals surface area contributed by atoms with Crippen LogP contribution in [0.4, 0.5) is 20.3 Å². The van der Waals surface area contributed by atoms with Gasteiger partial charge in [-0.15, -0.1) is 0 Å². The Balaban J connectivity index is 1.31. The molecule has 6 rings (SSSR count). The molecular weight excluding hydrogens is 510 g/mol. The highest BCUT2D eigenvalue weighted by atomic mass is 19.3. The molecule has 0 spiro atoms. The van der Waals surface area contributed by atoms with Crippen molar-refractivity contribution < 1.29 is 23.0 Å². The van der Waals surface area contributed by atoms with Crippen LogP contribution in [0.1, 0.15) is 5.56 Å². The second kappa shape index (κ2) is 9.58. The van der Waals surface area contributed by atoms with Crippen LogP contribution in [-0.2, 0) is 0 Å². The van der Waals surface area contributed by atoms with Crippen molar-refractivity contribution in [1.82, 2.24) is 34.4 Å². The monoisotopic (exact) mass is 534 g/mol. The van der Waals surface area contributed by atoms with Gasteiger partial charge in [-0.2, -0.15) is 5.10 Å². The first-order chi connectivity index (χ1) is 18.8. The van der Waals surface area contributed by atoms with E-state index in [1.165, 1.54) is 35.5 Å². The van der Waals surface area contributed by atoms with Gasteiger partial charge < -0.3 is 19.5 Å². The highest BCUT2D eigenvalue weighted by molar-refractivity contribution is 5.97. The minimum atomic E-state index is -3.02. The van der Waals surface area contributed by atoms with Crippen molar-refractivity contribution in [3.05, 3.63) is 60.9 Å². The molecule has 4 heterocycles. The molecule has 200 valence electrons. The van der Waals surface area contributed by atoms with E-state index in [-0.39, 0.29) is 18.8 Å². The topological polar surface area (TPSA) is 112 Å². The highest BCUT2D eigenvalue weighted by Crippen LogP contribution is 2.42. The summed E-state index contributed by atoms with van der Waals surface area (Å²) in [4.78, 5) is 18.6. The van der Waals surface area contributed by atoms with Crippen molar-refractivity contribution in [3.63, 3.8) is 0 Å². The van der Waals surface area contributed by atoms with E-state index in [4.69, 9.17) is 14.2 Å². The Labute approximate surface area is 221 Å². The molecule has 1 saturated heterocycles. The van der Waals surface area contributed by atoms with Crippen molar-refractivity contribution in [2.45, 2.75) is 19.0 Å². The van der Waals surface area contributed by atoms with E-state index in [0.717, 1.165) is 5.56 Å². The van der Waals surface area contributed by atoms with Gasteiger partial charge in [-0.25, -0.2) is 33.2 Å². The van der Waals surface area contributed by atoms with Gasteiger partial charge in [-0.05, 0) is 49.9 Å². The molecule has 0 saturated carbocycles. The van der Waals surface area contributed by atoms with Crippen molar-refractivity contribution in [2.24, 2.45) is 0 Å². The number of aryl methyl sites for hydroxylation is 1. The van der Waals surface area contributed by atoms with Crippen LogP contribution in [0.15, 0.2) is 55.4 Å². The normalized spacial score (nSPS) is 17.0. The number of likely N-dealkylation sites (tertiary alicyclic amines) is 1. The molecule has 1 N–H and O–H groups in total. The molecule has 2 aromatic carbocycles. The van der Waals surface area contributed by atoms with Crippen molar-refractivity contribution in [2.75, 3.05) is 32.6 Å². The molecule has 0 aliphatic carbocycles. The number of benzene rings is 2. The number of hydrogen-bond acceptors (Lipinski definition) is 10. The first-order valence-electron chi connectivity index (χ1n) is 12.1. The minimum Gasteiger partial charge on any atom is -0.493 e. The third-order valence-corrected chi connectivity index (χ3v) is 6.43. The maximum atomic E-state index is 14.6. The number of likely N-dealkylation sites (N-methyl/N-ethyl adjacent to an activating group) is 1. The number of fused-ring (bicyclic) bond motifs is 2. The first kappa shape index (κ1) is 24.7. The molecule has 5 aromatic rings. The Morgan fingerprint density at radius 2 is 1.87 bits per heavy atom. The van der Waals surface area contributed by atoms with Crippen LogP contribution in [0.5, 0.6) is 23.1 Å². The summed E-state index contributed by atoms with van der Waals surface area (Å²) in [5.74, 6) is -1.19. The maximum Gasteiger partial charge on any atom is 0.297 e. The van der Waals surface area contributed by atoms with Gasteiger partial charge >= 0.3 is 0 Å². The van der Waals surface area contributed by atoms with E-state index < -0.39 is 12.0 Å². The first-order valence-corrected chi connectivity index (χ1v) is 12.1. The van der Waals surface area contributed by atoms with Crippen LogP contribution >= 0.6 is 0 Å². The largest absolute Gasteiger partial charge is 0.493 e. The highest BCUT2D eigenvalue weighted by Gasteiger charge is 2.49. The lowest BCUT2D eigenvalue weighted by Crippen LogP contribution is -2.36. The van der Waals surface area contributed by atoms with Gasteiger partial charge in [0.25, 0.3) is 5.92 Å². The average molecular weight is 535 g/mol. The summed E-state index contributed by atoms with van der Waals surface area (Å²) in [6, 6.07) is 10.5. The number of ether oxygens (including phenoxy) is 3. The standard InChI is InChI=1S/C26H24F2N8O3/c1-15-8-16(4-6-18(15)38-22-9-21-30-13-33-36(21)14-32-22)34-25-23-17(29-12-31-25)5-7-19(37-3)24(23)39-20-10-35(2)11-26(20,27)28/h4-9,12-14,20H,10-11H2,1-3H3,(H,29,31,34)/t20-/m0/s1. The lowest BCUT2D eigenvalue weighted by atomic mass is 10.1. The summed E-state index contributed by atoms with van der Waals surface area (Å²) in [6.45, 7) is 1.58. The van der Waals surface area contributed by atoms with E-state index >= 15 is 0 Å². The summed E-state index contributed by atoms with van der Waals surface area (Å²) in [5.41, 5.74) is 2.65. The third-order valence-electron chi connectivity index (χ3n) is 6.43. The lowest BCUT2D eigenvalue weighted by Gasteiger charge is -2.22. The van der Waals surface area contributed by atoms with Crippen LogP contribution in [0, 0.1) is 6.92 Å². The second-order valence-corrected chi connectivity index (χ2v) is 9.27. The zero-order valence-electron chi connectivity index (χ0n) is 21.3. The SMILES string of the molecule is COc1ccc2ncnc(Nc3ccc(Oc4cc5ncnn5cn4)c(C)c3)c2c1O[C@H]1CN(C)CC1(F)F. The molecule has 0 amide bonds. The number of nitrogens with one attached hydrogen (secondary N) is 1. The molecule has 39 heavy (non-hydrogen) atoms. The number of anilines is 2. The van der Waals surface area contributed by atoms with Crippen molar-refractivity contribution in [3.8, 4) is 23.1 Å². The van der Waals surface area contributed by atoms with Crippen molar-refractivity contribution >= 4 is 28.1 Å². The van der Waals surface area contributed by atoms with Gasteiger partial charge in [0.15, 0.2) is 23.3 Å². The molecular formula is C26H24F2N8O3. The van der Waals surface area contributed by atoms with Gasteiger partial charge in [-0.1, -0.05) is 0 Å². The Morgan fingerprint density at radius 3 is 2.64 bits per heavy atom. The van der Waals surface area contributed by atoms with E-state index in [1.54, 1.807) is 31.3 Å². The van der Waals surface area contributed by atoms with Gasteiger partial charge in [0.05, 0.1) is 24.6 Å². The number of rotatable bonds is 7. The lowest BCUT2D eigenvalue weighted by molar-refractivity contribution is -0.0616. The van der Waals surface area contributed by atoms with Crippen LogP contribution < -0.4 is 19.5 Å². The predicted molar refractivity (Wildman–Crippen MR) is 138 cm³/mol. The van der Waals surface area contributed by atoms with Crippen LogP contribution in [0.2, 0.25) is 0 Å². The zero-order valence-corrected chi connectivity index (χ0v) is 21.3. The Bertz CT molecular complexity index is 1680. The quantitative estimate of drug-likeness (QED) is 0.325. The third kappa shape index (κ3) is 4.72. The number of nitrogens with zero attached hydrogens (tertiary/aromatic N) is 7. The summed E-state index contributed by atoms with van der Waals surface area (Å²) < 4.78 is 48.2. The van der Waals surface area contributed by atoms with E-state index in [2.05, 4.69) is 30.4 Å². The molecule has 0 radical (unpaired) electrons. The Morgan fingerprint density at radius 1 is 1.03 bits per heavy atom. The fourth-order valence-electron chi connectivity index (χ4n) is 4.54. The predicted octanol–water partition coefficient (Wildman–Crippen LogP) is 4.25. The van der Waals surface area contributed by atoms with Crippen molar-refractivity contribution in [1.29, 1.82) is 0 Å². The Hall–Kier alpha value is -4.65. The number of halogens is 2. The summed E-state index contributed by atoms with van der Waals surface area (Å²) in [5, 5.41) is 7.73. The zero-order chi connectivity index (χ0) is 27.1. The number of aromatic nitrogens is 6. The van der Waals surface area contributed by atoms with Crippen LogP contribution in [0.25, 0.3) is 16.6 Å². The fourth-order valence-corrected chi connectivity index (χ4v) is 4.54. The molecule has 3 aromatic heterocycles. The van der Waals surface area contributed by atoms with Crippen LogP contribution in [0.3, 0.4) is 0 Å². The van der Waals surface area contributed by atoms with E-state index in [1.807, 2.05) is 19.1 Å². The van der Waals surface area contributed by atoms with Gasteiger partial charge in [-0.3, -0.25) is 4.90 Å². The molecule has 1 aliphatic heterocycles. The maximum absolute atomic E-state index is 14.6. The number of methoxy groups -OCH3 is 1. The molecule has 0 bridgehead atoms. The van der Waals surface area contributed by atoms with Gasteiger partial charge in [0, 0.05) is 18.3 Å². The van der Waals surface area contributed by atoms with E-state index in [0.29, 0.717) is 45.4 Å². The molecule has 13 heteroatoms. The molecule has 1 fully saturated rings. The summed E-state index contributed by atoms with van der Waals surface area (Å²) in [6.07, 6.45) is 3.01. The van der Waals surface area contributed by atoms with Crippen LogP contribution in [-0.4, -0.2) is 73.7 Å². The second-order valence-electron chi connectivity index (χ2n) is 9.27. The Kier molecular flexibility index (Phi) is 6.06. The summed E-state index contributed by atoms with van der Waals surface area (Å²) in [7, 11) is 3.09. The smallest absolute Gasteiger partial charge is 0.297 e. The van der Waals surface area contributed by atoms with Gasteiger partial charge in [0.1, 0.15) is 30.5 Å². The minimum absolute atomic E-state index is 0.0720. The van der Waals surface area contributed by atoms with Gasteiger partial charge in [0.2, 0.25) is 5.88 Å². The molecule has 0 unspecified atom stereocenters. The summed E-state index contributed by atoms with van der Waals surface area (Å²) >= 11 is 0. The average Bonchev–Trinajstić information content (AvgIpc) is 3.47. The fraction of sp³-hybridized carbons (Fsp3) is 0.269. The molecule has 1 aliphatic rings. The van der Waals surface area contributed by atoms with E-state index in [9.17, 15) is 8.78 Å². The molecule has 1 atom stereocenters. The number of alkyl halides is 2.